The van der Waals surface area contributed by atoms with Crippen molar-refractivity contribution in [3.8, 4) is 0 Å². The molecule has 1 saturated carbocycles. The first-order chi connectivity index (χ1) is 15.4. The van der Waals surface area contributed by atoms with Crippen LogP contribution in [0, 0.1) is 11.3 Å². The van der Waals surface area contributed by atoms with Crippen LogP contribution in [0.2, 0.25) is 0 Å². The maximum absolute atomic E-state index is 13.7. The molecular weight excluding hydrogens is 444 g/mol. The monoisotopic (exact) mass is 480 g/mol. The molecule has 0 radical (unpaired) electrons. The number of thioether (sulfide) groups is 1. The van der Waals surface area contributed by atoms with Gasteiger partial charge in [0.2, 0.25) is 17.7 Å². The Hall–Kier alpha value is -2.43. The van der Waals surface area contributed by atoms with Crippen LogP contribution < -0.4 is 22.1 Å². The zero-order valence-corrected chi connectivity index (χ0v) is 20.7. The fraction of sp³-hybridized carbons (Fsp3) is 0.727. The second-order valence-electron chi connectivity index (χ2n) is 10.4. The molecule has 2 heterocycles. The highest BCUT2D eigenvalue weighted by Crippen LogP contribution is 2.48. The maximum atomic E-state index is 13.7. The number of hydrogen-bond acceptors (Lipinski definition) is 7. The molecule has 6 N–H and O–H groups in total. The van der Waals surface area contributed by atoms with Crippen molar-refractivity contribution >= 4 is 35.4 Å². The van der Waals surface area contributed by atoms with Crippen molar-refractivity contribution in [3.63, 3.8) is 0 Å². The smallest absolute Gasteiger partial charge is 0.269 e. The molecule has 0 aromatic rings. The SMILES string of the molecule is CC1CC2(CN1C(=O)C(NC(=O)CNC(=O)/C(N)=C/N)C(C)(C)C)SCC(=O)N2CC1CC1. The molecule has 2 aliphatic heterocycles. The molecule has 0 aromatic heterocycles. The van der Waals surface area contributed by atoms with Crippen molar-refractivity contribution in [2.45, 2.75) is 63.9 Å². The van der Waals surface area contributed by atoms with E-state index >= 15 is 0 Å². The number of nitrogens with two attached hydrogens (primary N) is 2. The number of carbonyl (C=O) groups excluding carboxylic acids is 4. The van der Waals surface area contributed by atoms with Crippen LogP contribution in [0.25, 0.3) is 0 Å². The molecule has 3 rings (SSSR count). The lowest BCUT2D eigenvalue weighted by Crippen LogP contribution is -2.57. The van der Waals surface area contributed by atoms with Gasteiger partial charge in [0.05, 0.1) is 18.8 Å². The zero-order chi connectivity index (χ0) is 24.6. The minimum absolute atomic E-state index is 0.0615. The third-order valence-corrected chi connectivity index (χ3v) is 7.96. The first-order valence-corrected chi connectivity index (χ1v) is 12.4. The van der Waals surface area contributed by atoms with Crippen LogP contribution in [0.4, 0.5) is 0 Å². The Balaban J connectivity index is 1.69. The van der Waals surface area contributed by atoms with Crippen LogP contribution in [0.5, 0.6) is 0 Å². The normalized spacial score (nSPS) is 26.6. The molecule has 1 aliphatic carbocycles. The first-order valence-electron chi connectivity index (χ1n) is 11.4. The highest BCUT2D eigenvalue weighted by Gasteiger charge is 2.55. The largest absolute Gasteiger partial charge is 0.403 e. The summed E-state index contributed by atoms with van der Waals surface area (Å²) in [6.07, 6.45) is 3.99. The van der Waals surface area contributed by atoms with E-state index in [1.54, 1.807) is 16.7 Å². The van der Waals surface area contributed by atoms with E-state index in [1.165, 1.54) is 0 Å². The van der Waals surface area contributed by atoms with Crippen LogP contribution in [0.15, 0.2) is 11.9 Å². The topological polar surface area (TPSA) is 151 Å². The predicted octanol–water partition coefficient (Wildman–Crippen LogP) is -0.305. The minimum Gasteiger partial charge on any atom is -0.403 e. The summed E-state index contributed by atoms with van der Waals surface area (Å²) in [7, 11) is 0. The van der Waals surface area contributed by atoms with Crippen LogP contribution in [-0.2, 0) is 19.2 Å². The van der Waals surface area contributed by atoms with E-state index in [9.17, 15) is 19.2 Å². The van der Waals surface area contributed by atoms with Crippen LogP contribution >= 0.6 is 11.8 Å². The van der Waals surface area contributed by atoms with E-state index in [0.717, 1.165) is 25.6 Å². The Morgan fingerprint density at radius 2 is 1.97 bits per heavy atom. The lowest BCUT2D eigenvalue weighted by Gasteiger charge is -2.37. The molecule has 11 heteroatoms. The number of nitrogens with zero attached hydrogens (tertiary/aromatic N) is 2. The van der Waals surface area contributed by atoms with E-state index in [1.807, 2.05) is 32.6 Å². The van der Waals surface area contributed by atoms with Gasteiger partial charge in [-0.15, -0.1) is 11.8 Å². The van der Waals surface area contributed by atoms with Gasteiger partial charge in [0, 0.05) is 25.2 Å². The van der Waals surface area contributed by atoms with Crippen molar-refractivity contribution in [1.82, 2.24) is 20.4 Å². The summed E-state index contributed by atoms with van der Waals surface area (Å²) < 4.78 is 0. The molecular formula is C22H36N6O4S. The molecule has 3 aliphatic rings. The Kier molecular flexibility index (Phi) is 7.21. The van der Waals surface area contributed by atoms with Gasteiger partial charge in [-0.1, -0.05) is 20.8 Å². The number of hydrogen-bond donors (Lipinski definition) is 4. The molecule has 4 amide bonds. The van der Waals surface area contributed by atoms with Gasteiger partial charge in [-0.05, 0) is 31.1 Å². The molecule has 0 bridgehead atoms. The maximum Gasteiger partial charge on any atom is 0.269 e. The Morgan fingerprint density at radius 3 is 2.55 bits per heavy atom. The highest BCUT2D eigenvalue weighted by atomic mass is 32.2. The average Bonchev–Trinajstić information content (AvgIpc) is 3.45. The Labute approximate surface area is 199 Å². The molecule has 10 nitrogen and oxygen atoms in total. The first kappa shape index (κ1) is 25.2. The highest BCUT2D eigenvalue weighted by molar-refractivity contribution is 8.01. The molecule has 3 unspecified atom stereocenters. The number of likely N-dealkylation sites (tertiary alicyclic amines) is 1. The van der Waals surface area contributed by atoms with Crippen molar-refractivity contribution in [2.75, 3.05) is 25.4 Å². The van der Waals surface area contributed by atoms with E-state index in [-0.39, 0.29) is 35.0 Å². The van der Waals surface area contributed by atoms with Crippen LogP contribution in [0.1, 0.15) is 47.0 Å². The van der Waals surface area contributed by atoms with Crippen LogP contribution in [0.3, 0.4) is 0 Å². The van der Waals surface area contributed by atoms with Gasteiger partial charge in [-0.2, -0.15) is 0 Å². The van der Waals surface area contributed by atoms with E-state index in [4.69, 9.17) is 11.5 Å². The summed E-state index contributed by atoms with van der Waals surface area (Å²) >= 11 is 1.63. The van der Waals surface area contributed by atoms with Gasteiger partial charge >= 0.3 is 0 Å². The van der Waals surface area contributed by atoms with Gasteiger partial charge in [0.15, 0.2) is 0 Å². The van der Waals surface area contributed by atoms with E-state index < -0.39 is 23.3 Å². The molecule has 1 spiro atoms. The standard InChI is InChI=1S/C22H36N6O4S/c1-13-7-22(28(10-14-5-6-14)17(30)11-33-22)12-27(13)20(32)18(21(2,3)4)26-16(29)9-25-19(31)15(24)8-23/h8,13-14,18H,5-7,9-12,23-24H2,1-4H3,(H,25,31)(H,26,29)/b15-8-. The lowest BCUT2D eigenvalue weighted by molar-refractivity contribution is -0.140. The summed E-state index contributed by atoms with van der Waals surface area (Å²) in [5.41, 5.74) is 9.89. The van der Waals surface area contributed by atoms with E-state index in [2.05, 4.69) is 10.6 Å². The number of nitrogens with one attached hydrogen (secondary N) is 2. The number of amides is 4. The summed E-state index contributed by atoms with van der Waals surface area (Å²) in [6, 6.07) is -0.852. The van der Waals surface area contributed by atoms with Crippen molar-refractivity contribution in [2.24, 2.45) is 22.8 Å². The minimum atomic E-state index is -0.791. The molecule has 2 saturated heterocycles. The molecule has 33 heavy (non-hydrogen) atoms. The molecule has 3 atom stereocenters. The fourth-order valence-corrected chi connectivity index (χ4v) is 5.89. The molecule has 184 valence electrons. The second-order valence-corrected chi connectivity index (χ2v) is 11.7. The molecule has 0 aromatic carbocycles. The quantitative estimate of drug-likeness (QED) is 0.365. The summed E-state index contributed by atoms with van der Waals surface area (Å²) in [5, 5.41) is 5.17. The van der Waals surface area contributed by atoms with Gasteiger partial charge < -0.3 is 31.9 Å². The van der Waals surface area contributed by atoms with Crippen LogP contribution in [-0.4, -0.2) is 75.8 Å². The molecule has 3 fully saturated rings. The van der Waals surface area contributed by atoms with Crippen molar-refractivity contribution in [1.29, 1.82) is 0 Å². The summed E-state index contributed by atoms with van der Waals surface area (Å²) in [5.74, 6) is -0.163. The van der Waals surface area contributed by atoms with Crippen molar-refractivity contribution < 1.29 is 19.2 Å². The zero-order valence-electron chi connectivity index (χ0n) is 19.8. The third kappa shape index (κ3) is 5.56. The number of rotatable bonds is 7. The average molecular weight is 481 g/mol. The fourth-order valence-electron chi connectivity index (χ4n) is 4.42. The summed E-state index contributed by atoms with van der Waals surface area (Å²) in [4.78, 5) is 54.0. The lowest BCUT2D eigenvalue weighted by atomic mass is 9.85. The van der Waals surface area contributed by atoms with Gasteiger partial charge in [-0.3, -0.25) is 19.2 Å². The van der Waals surface area contributed by atoms with E-state index in [0.29, 0.717) is 24.6 Å². The predicted molar refractivity (Wildman–Crippen MR) is 126 cm³/mol. The summed E-state index contributed by atoms with van der Waals surface area (Å²) in [6.45, 7) is 8.53. The van der Waals surface area contributed by atoms with Gasteiger partial charge in [-0.25, -0.2) is 0 Å². The van der Waals surface area contributed by atoms with Gasteiger partial charge in [0.25, 0.3) is 5.91 Å². The Morgan fingerprint density at radius 1 is 1.30 bits per heavy atom. The third-order valence-electron chi connectivity index (χ3n) is 6.51. The van der Waals surface area contributed by atoms with Crippen molar-refractivity contribution in [3.05, 3.63) is 11.9 Å². The van der Waals surface area contributed by atoms with Gasteiger partial charge in [0.1, 0.15) is 16.6 Å². The number of carbonyl (C=O) groups is 4. The Bertz CT molecular complexity index is 852. The second kappa shape index (κ2) is 9.44.